The van der Waals surface area contributed by atoms with Crippen LogP contribution in [0.25, 0.3) is 11.3 Å². The molecule has 0 atom stereocenters. The summed E-state index contributed by atoms with van der Waals surface area (Å²) in [4.78, 5) is 29.9. The highest BCUT2D eigenvalue weighted by Crippen LogP contribution is 2.37. The molecule has 34 heavy (non-hydrogen) atoms. The van der Waals surface area contributed by atoms with Crippen molar-refractivity contribution in [2.24, 2.45) is 5.73 Å². The minimum absolute atomic E-state index is 0.0279. The fraction of sp³-hybridized carbons (Fsp3) is 0.292. The summed E-state index contributed by atoms with van der Waals surface area (Å²) in [5, 5.41) is 0. The van der Waals surface area contributed by atoms with Crippen LogP contribution >= 0.6 is 0 Å². The fourth-order valence-corrected chi connectivity index (χ4v) is 3.53. The summed E-state index contributed by atoms with van der Waals surface area (Å²) in [5.74, 6) is -1.52. The van der Waals surface area contributed by atoms with Crippen molar-refractivity contribution in [1.82, 2.24) is 4.98 Å². The third-order valence-corrected chi connectivity index (χ3v) is 5.27. The summed E-state index contributed by atoms with van der Waals surface area (Å²) in [6.45, 7) is 3.51. The lowest BCUT2D eigenvalue weighted by atomic mass is 9.96. The molecule has 10 heteroatoms. The number of primary amides is 1. The number of anilines is 1. The Kier molecular flexibility index (Phi) is 7.40. The van der Waals surface area contributed by atoms with Gasteiger partial charge < -0.3 is 24.4 Å². The van der Waals surface area contributed by atoms with Crippen molar-refractivity contribution in [3.8, 4) is 28.6 Å². The normalized spacial score (nSPS) is 11.1. The van der Waals surface area contributed by atoms with Crippen LogP contribution in [0.15, 0.2) is 53.4 Å². The van der Waals surface area contributed by atoms with Gasteiger partial charge in [0, 0.05) is 23.7 Å². The van der Waals surface area contributed by atoms with Crippen LogP contribution in [0, 0.1) is 5.82 Å². The zero-order chi connectivity index (χ0) is 24.9. The van der Waals surface area contributed by atoms with E-state index in [4.69, 9.17) is 24.4 Å². The third kappa shape index (κ3) is 5.11. The van der Waals surface area contributed by atoms with Crippen molar-refractivity contribution in [2.45, 2.75) is 25.8 Å². The molecular weight excluding hydrogens is 445 g/mol. The van der Waals surface area contributed by atoms with E-state index in [1.165, 1.54) is 43.8 Å². The highest BCUT2D eigenvalue weighted by molar-refractivity contribution is 6.40. The molecule has 2 aromatic carbocycles. The van der Waals surface area contributed by atoms with Gasteiger partial charge in [0.2, 0.25) is 0 Å². The molecule has 1 aromatic heterocycles. The lowest BCUT2D eigenvalue weighted by molar-refractivity contribution is -0.136. The number of nitrogens with two attached hydrogens (primary N) is 1. The van der Waals surface area contributed by atoms with Crippen LogP contribution in [-0.4, -0.2) is 43.2 Å². The smallest absolute Gasteiger partial charge is 0.316 e. The first-order chi connectivity index (χ1) is 16.2. The van der Waals surface area contributed by atoms with Crippen molar-refractivity contribution in [2.75, 3.05) is 25.7 Å². The van der Waals surface area contributed by atoms with Crippen molar-refractivity contribution in [1.29, 1.82) is 0 Å². The van der Waals surface area contributed by atoms with E-state index in [1.54, 1.807) is 38.1 Å². The van der Waals surface area contributed by atoms with Crippen molar-refractivity contribution in [3.63, 3.8) is 0 Å². The molecule has 0 unspecified atom stereocenters. The second-order valence-corrected chi connectivity index (χ2v) is 7.94. The van der Waals surface area contributed by atoms with Gasteiger partial charge in [-0.1, -0.05) is 6.07 Å². The Bertz CT molecular complexity index is 1160. The Morgan fingerprint density at radius 2 is 1.88 bits per heavy atom. The Morgan fingerprint density at radius 3 is 2.50 bits per heavy atom. The summed E-state index contributed by atoms with van der Waals surface area (Å²) in [5.41, 5.74) is 5.38. The molecule has 0 aliphatic heterocycles. The molecule has 3 rings (SSSR count). The molecule has 0 aliphatic carbocycles. The Labute approximate surface area is 196 Å². The van der Waals surface area contributed by atoms with Crippen LogP contribution in [0.1, 0.15) is 20.3 Å². The molecule has 0 saturated heterocycles. The molecule has 0 aliphatic rings. The molecular formula is C24H26FN3O6. The van der Waals surface area contributed by atoms with E-state index >= 15 is 0 Å². The molecule has 2 amide bonds. The van der Waals surface area contributed by atoms with Gasteiger partial charge >= 0.3 is 11.8 Å². The predicted molar refractivity (Wildman–Crippen MR) is 122 cm³/mol. The lowest BCUT2D eigenvalue weighted by Crippen LogP contribution is -2.53. The van der Waals surface area contributed by atoms with E-state index in [1.807, 2.05) is 0 Å². The van der Waals surface area contributed by atoms with Crippen LogP contribution in [0.3, 0.4) is 0 Å². The molecule has 1 heterocycles. The molecule has 0 fully saturated rings. The minimum atomic E-state index is -1.12. The van der Waals surface area contributed by atoms with E-state index < -0.39 is 23.2 Å². The van der Waals surface area contributed by atoms with Crippen LogP contribution in [-0.2, 0) is 9.59 Å². The monoisotopic (exact) mass is 471 g/mol. The van der Waals surface area contributed by atoms with E-state index in [2.05, 4.69) is 4.98 Å². The number of carbonyl (C=O) groups is 2. The second kappa shape index (κ2) is 10.2. The number of hydrogen-bond donors (Lipinski definition) is 1. The topological polar surface area (TPSA) is 117 Å². The number of para-hydroxylation sites is 1. The first kappa shape index (κ1) is 24.6. The van der Waals surface area contributed by atoms with E-state index in [0.717, 1.165) is 0 Å². The number of carbonyl (C=O) groups excluding carboxylic acids is 2. The molecule has 0 bridgehead atoms. The highest BCUT2D eigenvalue weighted by Gasteiger charge is 2.35. The number of benzene rings is 2. The van der Waals surface area contributed by atoms with Crippen molar-refractivity contribution < 1.29 is 32.6 Å². The first-order valence-electron chi connectivity index (χ1n) is 10.4. The number of amides is 2. The number of oxazole rings is 1. The van der Waals surface area contributed by atoms with Crippen molar-refractivity contribution >= 4 is 17.5 Å². The SMILES string of the molecule is COc1cc(N(C(=O)C(N)=O)C(C)(C)CCOc2c(F)cccc2OC)ccc1-c1cnco1. The summed E-state index contributed by atoms with van der Waals surface area (Å²) in [6, 6.07) is 9.27. The van der Waals surface area contributed by atoms with E-state index in [0.29, 0.717) is 22.8 Å². The predicted octanol–water partition coefficient (Wildman–Crippen LogP) is 3.56. The highest BCUT2D eigenvalue weighted by atomic mass is 19.1. The molecule has 180 valence electrons. The number of ether oxygens (including phenoxy) is 3. The third-order valence-electron chi connectivity index (χ3n) is 5.27. The number of aromatic nitrogens is 1. The zero-order valence-electron chi connectivity index (χ0n) is 19.3. The second-order valence-electron chi connectivity index (χ2n) is 7.94. The van der Waals surface area contributed by atoms with Gasteiger partial charge in [-0.15, -0.1) is 0 Å². The van der Waals surface area contributed by atoms with Crippen molar-refractivity contribution in [3.05, 3.63) is 54.8 Å². The average molecular weight is 471 g/mol. The zero-order valence-corrected chi connectivity index (χ0v) is 19.3. The maximum Gasteiger partial charge on any atom is 0.316 e. The van der Waals surface area contributed by atoms with Gasteiger partial charge in [0.25, 0.3) is 0 Å². The maximum absolute atomic E-state index is 14.2. The lowest BCUT2D eigenvalue weighted by Gasteiger charge is -2.38. The fourth-order valence-electron chi connectivity index (χ4n) is 3.53. The Morgan fingerprint density at radius 1 is 1.15 bits per heavy atom. The Hall–Kier alpha value is -4.08. The van der Waals surface area contributed by atoms with Gasteiger partial charge in [0.1, 0.15) is 5.75 Å². The molecule has 3 aromatic rings. The number of nitrogens with zero attached hydrogens (tertiary/aromatic N) is 2. The van der Waals surface area contributed by atoms with Crippen LogP contribution in [0.5, 0.6) is 17.2 Å². The van der Waals surface area contributed by atoms with Gasteiger partial charge in [-0.05, 0) is 38.1 Å². The molecule has 0 radical (unpaired) electrons. The van der Waals surface area contributed by atoms with Gasteiger partial charge in [0.15, 0.2) is 29.5 Å². The number of hydrogen-bond acceptors (Lipinski definition) is 7. The van der Waals surface area contributed by atoms with Gasteiger partial charge in [-0.3, -0.25) is 14.5 Å². The largest absolute Gasteiger partial charge is 0.496 e. The standard InChI is InChI=1S/C24H26FN3O6/c1-24(2,10-11-33-21-17(25)6-5-7-18(21)31-3)28(23(30)22(26)29)15-8-9-16(19(12-15)32-4)20-13-27-14-34-20/h5-9,12-14H,10-11H2,1-4H3,(H2,26,29). The van der Waals surface area contributed by atoms with Crippen LogP contribution in [0.4, 0.5) is 10.1 Å². The van der Waals surface area contributed by atoms with E-state index in [9.17, 15) is 14.0 Å². The van der Waals surface area contributed by atoms with Crippen LogP contribution < -0.4 is 24.8 Å². The Balaban J connectivity index is 1.90. The number of methoxy groups -OCH3 is 2. The average Bonchev–Trinajstić information content (AvgIpc) is 3.34. The van der Waals surface area contributed by atoms with Gasteiger partial charge in [0.05, 0.1) is 32.6 Å². The summed E-state index contributed by atoms with van der Waals surface area (Å²) in [7, 11) is 2.88. The quantitative estimate of drug-likeness (QED) is 0.474. The maximum atomic E-state index is 14.2. The molecule has 9 nitrogen and oxygen atoms in total. The van der Waals surface area contributed by atoms with Gasteiger partial charge in [-0.2, -0.15) is 0 Å². The van der Waals surface area contributed by atoms with Gasteiger partial charge in [-0.25, -0.2) is 9.37 Å². The first-order valence-corrected chi connectivity index (χ1v) is 10.4. The molecule has 2 N–H and O–H groups in total. The number of halogens is 1. The summed E-state index contributed by atoms with van der Waals surface area (Å²) in [6.07, 6.45) is 3.05. The summed E-state index contributed by atoms with van der Waals surface area (Å²) < 4.78 is 35.8. The minimum Gasteiger partial charge on any atom is -0.496 e. The molecule has 0 spiro atoms. The molecule has 0 saturated carbocycles. The number of rotatable bonds is 9. The van der Waals surface area contributed by atoms with Crippen LogP contribution in [0.2, 0.25) is 0 Å². The van der Waals surface area contributed by atoms with E-state index in [-0.39, 0.29) is 24.5 Å². The summed E-state index contributed by atoms with van der Waals surface area (Å²) >= 11 is 0.